The van der Waals surface area contributed by atoms with Crippen molar-refractivity contribution in [2.24, 2.45) is 5.92 Å². The summed E-state index contributed by atoms with van der Waals surface area (Å²) in [6.45, 7) is 0. The number of nitrogens with zero attached hydrogens (tertiary/aromatic N) is 1. The molecule has 1 fully saturated rings. The lowest BCUT2D eigenvalue weighted by atomic mass is 10.2. The van der Waals surface area contributed by atoms with Crippen LogP contribution in [0.1, 0.15) is 23.2 Å². The Hall–Kier alpha value is -2.76. The summed E-state index contributed by atoms with van der Waals surface area (Å²) in [5.74, 6) is -1.06. The van der Waals surface area contributed by atoms with E-state index in [2.05, 4.69) is 15.3 Å². The van der Waals surface area contributed by atoms with Crippen molar-refractivity contribution in [1.29, 1.82) is 0 Å². The van der Waals surface area contributed by atoms with Crippen LogP contribution in [0.15, 0.2) is 41.3 Å². The summed E-state index contributed by atoms with van der Waals surface area (Å²) in [6.07, 6.45) is 3.21. The molecule has 6 heteroatoms. The molecule has 106 valence electrons. The summed E-state index contributed by atoms with van der Waals surface area (Å²) in [4.78, 5) is 42.1. The smallest absolute Gasteiger partial charge is 0.263 e. The van der Waals surface area contributed by atoms with Gasteiger partial charge in [0.25, 0.3) is 11.5 Å². The Labute approximate surface area is 120 Å². The second-order valence-electron chi connectivity index (χ2n) is 4.92. The summed E-state index contributed by atoms with van der Waals surface area (Å²) in [7, 11) is 0. The molecule has 0 radical (unpaired) electrons. The van der Waals surface area contributed by atoms with Gasteiger partial charge in [-0.25, -0.2) is 0 Å². The van der Waals surface area contributed by atoms with Crippen LogP contribution in [-0.2, 0) is 4.79 Å². The van der Waals surface area contributed by atoms with Crippen LogP contribution < -0.4 is 10.9 Å². The molecule has 0 unspecified atom stereocenters. The number of imide groups is 1. The Bertz CT molecular complexity index is 748. The molecule has 2 aromatic heterocycles. The van der Waals surface area contributed by atoms with Crippen molar-refractivity contribution in [2.45, 2.75) is 12.8 Å². The zero-order valence-corrected chi connectivity index (χ0v) is 11.1. The maximum atomic E-state index is 12.0. The van der Waals surface area contributed by atoms with Crippen LogP contribution >= 0.6 is 0 Å². The maximum Gasteiger partial charge on any atom is 0.263 e. The molecule has 0 spiro atoms. The molecular formula is C15H13N3O3. The van der Waals surface area contributed by atoms with Crippen molar-refractivity contribution >= 4 is 11.8 Å². The van der Waals surface area contributed by atoms with Crippen LogP contribution in [0.2, 0.25) is 0 Å². The first-order chi connectivity index (χ1) is 10.1. The number of amides is 2. The summed E-state index contributed by atoms with van der Waals surface area (Å²) in [6, 6.07) is 8.32. The van der Waals surface area contributed by atoms with Crippen molar-refractivity contribution in [1.82, 2.24) is 15.3 Å². The van der Waals surface area contributed by atoms with Crippen molar-refractivity contribution in [3.63, 3.8) is 0 Å². The number of H-pyrrole nitrogens is 1. The molecule has 0 aromatic carbocycles. The van der Waals surface area contributed by atoms with Gasteiger partial charge in [-0.3, -0.25) is 24.7 Å². The largest absolute Gasteiger partial charge is 0.320 e. The van der Waals surface area contributed by atoms with Crippen molar-refractivity contribution < 1.29 is 9.59 Å². The summed E-state index contributed by atoms with van der Waals surface area (Å²) >= 11 is 0. The molecule has 6 nitrogen and oxygen atoms in total. The topological polar surface area (TPSA) is 91.9 Å². The zero-order chi connectivity index (χ0) is 14.8. The van der Waals surface area contributed by atoms with E-state index in [9.17, 15) is 14.4 Å². The number of hydrogen-bond donors (Lipinski definition) is 2. The van der Waals surface area contributed by atoms with E-state index in [0.29, 0.717) is 11.4 Å². The van der Waals surface area contributed by atoms with E-state index in [1.54, 1.807) is 30.5 Å². The van der Waals surface area contributed by atoms with Gasteiger partial charge in [0.05, 0.1) is 11.4 Å². The highest BCUT2D eigenvalue weighted by Gasteiger charge is 2.31. The first-order valence-electron chi connectivity index (χ1n) is 6.65. The fourth-order valence-electron chi connectivity index (χ4n) is 1.95. The predicted octanol–water partition coefficient (Wildman–Crippen LogP) is 1.10. The molecule has 2 aromatic rings. The fourth-order valence-corrected chi connectivity index (χ4v) is 1.95. The maximum absolute atomic E-state index is 12.0. The molecule has 0 saturated heterocycles. The van der Waals surface area contributed by atoms with Crippen molar-refractivity contribution in [3.05, 3.63) is 52.4 Å². The predicted molar refractivity (Wildman–Crippen MR) is 75.5 cm³/mol. The number of hydrogen-bond acceptors (Lipinski definition) is 4. The van der Waals surface area contributed by atoms with Gasteiger partial charge >= 0.3 is 0 Å². The van der Waals surface area contributed by atoms with E-state index in [4.69, 9.17) is 0 Å². The molecule has 2 heterocycles. The highest BCUT2D eigenvalue weighted by molar-refractivity contribution is 6.05. The van der Waals surface area contributed by atoms with Crippen LogP contribution in [0.5, 0.6) is 0 Å². The number of nitrogens with one attached hydrogen (secondary N) is 2. The van der Waals surface area contributed by atoms with Crippen LogP contribution in [0.3, 0.4) is 0 Å². The Balaban J connectivity index is 1.83. The standard InChI is InChI=1S/C15H13N3O3/c19-13(9-4-5-9)18-15(21)10-6-7-12(17-14(10)20)11-3-1-2-8-16-11/h1-3,6-9H,4-5H2,(H,17,20)(H,18,19,21). The van der Waals surface area contributed by atoms with Crippen LogP contribution in [0, 0.1) is 5.92 Å². The van der Waals surface area contributed by atoms with Gasteiger partial charge in [-0.15, -0.1) is 0 Å². The Kier molecular flexibility index (Phi) is 3.35. The first-order valence-corrected chi connectivity index (χ1v) is 6.65. The molecule has 0 aliphatic heterocycles. The minimum absolute atomic E-state index is 0.0799. The van der Waals surface area contributed by atoms with Gasteiger partial charge in [-0.05, 0) is 37.1 Å². The lowest BCUT2D eigenvalue weighted by Gasteiger charge is -2.04. The third-order valence-corrected chi connectivity index (χ3v) is 3.28. The summed E-state index contributed by atoms with van der Waals surface area (Å²) in [5, 5.41) is 2.24. The van der Waals surface area contributed by atoms with Crippen molar-refractivity contribution in [3.8, 4) is 11.4 Å². The number of aromatic amines is 1. The van der Waals surface area contributed by atoms with Crippen LogP contribution in [0.4, 0.5) is 0 Å². The fraction of sp³-hybridized carbons (Fsp3) is 0.200. The van der Waals surface area contributed by atoms with Crippen molar-refractivity contribution in [2.75, 3.05) is 0 Å². The molecule has 0 atom stereocenters. The number of aromatic nitrogens is 2. The average Bonchev–Trinajstić information content (AvgIpc) is 3.32. The van der Waals surface area contributed by atoms with Crippen LogP contribution in [-0.4, -0.2) is 21.8 Å². The quantitative estimate of drug-likeness (QED) is 0.825. The van der Waals surface area contributed by atoms with Gasteiger partial charge in [0, 0.05) is 12.1 Å². The Morgan fingerprint density at radius 2 is 2.00 bits per heavy atom. The highest BCUT2D eigenvalue weighted by atomic mass is 16.2. The molecule has 21 heavy (non-hydrogen) atoms. The Morgan fingerprint density at radius 3 is 2.62 bits per heavy atom. The molecule has 1 aliphatic carbocycles. The minimum atomic E-state index is -0.666. The molecule has 2 amide bonds. The lowest BCUT2D eigenvalue weighted by Crippen LogP contribution is -2.35. The van der Waals surface area contributed by atoms with Gasteiger partial charge in [0.1, 0.15) is 5.56 Å². The number of rotatable bonds is 3. The Morgan fingerprint density at radius 1 is 1.19 bits per heavy atom. The highest BCUT2D eigenvalue weighted by Crippen LogP contribution is 2.28. The van der Waals surface area contributed by atoms with Gasteiger partial charge in [0.2, 0.25) is 5.91 Å². The SMILES string of the molecule is O=C(NC(=O)C1CC1)c1ccc(-c2ccccn2)[nH]c1=O. The second-order valence-corrected chi connectivity index (χ2v) is 4.92. The van der Waals surface area contributed by atoms with Gasteiger partial charge in [-0.1, -0.05) is 6.07 Å². The van der Waals surface area contributed by atoms with Gasteiger partial charge < -0.3 is 4.98 Å². The molecule has 1 saturated carbocycles. The third kappa shape index (κ3) is 2.89. The third-order valence-electron chi connectivity index (χ3n) is 3.28. The first kappa shape index (κ1) is 13.2. The normalized spacial score (nSPS) is 13.7. The average molecular weight is 283 g/mol. The number of carbonyl (C=O) groups excluding carboxylic acids is 2. The molecule has 2 N–H and O–H groups in total. The zero-order valence-electron chi connectivity index (χ0n) is 11.1. The molecular weight excluding hydrogens is 270 g/mol. The lowest BCUT2D eigenvalue weighted by molar-refractivity contribution is -0.121. The van der Waals surface area contributed by atoms with E-state index in [-0.39, 0.29) is 17.4 Å². The van der Waals surface area contributed by atoms with E-state index < -0.39 is 11.5 Å². The van der Waals surface area contributed by atoms with Crippen LogP contribution in [0.25, 0.3) is 11.4 Å². The second kappa shape index (κ2) is 5.32. The van der Waals surface area contributed by atoms with E-state index in [1.165, 1.54) is 6.07 Å². The van der Waals surface area contributed by atoms with E-state index >= 15 is 0 Å². The number of pyridine rings is 2. The summed E-state index contributed by atoms with van der Waals surface area (Å²) in [5.41, 5.74) is 0.504. The number of carbonyl (C=O) groups is 2. The molecule has 0 bridgehead atoms. The minimum Gasteiger partial charge on any atom is -0.320 e. The molecule has 3 rings (SSSR count). The van der Waals surface area contributed by atoms with Gasteiger partial charge in [0.15, 0.2) is 0 Å². The van der Waals surface area contributed by atoms with E-state index in [0.717, 1.165) is 12.8 Å². The molecule has 1 aliphatic rings. The summed E-state index contributed by atoms with van der Waals surface area (Å²) < 4.78 is 0. The monoisotopic (exact) mass is 283 g/mol. The van der Waals surface area contributed by atoms with Gasteiger partial charge in [-0.2, -0.15) is 0 Å². The van der Waals surface area contributed by atoms with E-state index in [1.807, 2.05) is 0 Å².